The summed E-state index contributed by atoms with van der Waals surface area (Å²) in [6.07, 6.45) is 6.27. The van der Waals surface area contributed by atoms with Gasteiger partial charge in [-0.05, 0) is 49.6 Å². The molecule has 1 saturated carbocycles. The van der Waals surface area contributed by atoms with Crippen LogP contribution in [0.4, 0.5) is 5.69 Å². The molecule has 1 N–H and O–H groups in total. The lowest BCUT2D eigenvalue weighted by atomic mass is 9.95. The Morgan fingerprint density at radius 1 is 1.03 bits per heavy atom. The van der Waals surface area contributed by atoms with Crippen molar-refractivity contribution in [2.75, 3.05) is 24.2 Å². The van der Waals surface area contributed by atoms with Crippen LogP contribution in [0.15, 0.2) is 54.6 Å². The zero-order valence-electron chi connectivity index (χ0n) is 20.6. The van der Waals surface area contributed by atoms with Crippen molar-refractivity contribution in [1.82, 2.24) is 10.2 Å². The van der Waals surface area contributed by atoms with Crippen LogP contribution in [0.5, 0.6) is 5.75 Å². The molecule has 1 fully saturated rings. The van der Waals surface area contributed by atoms with Crippen LogP contribution in [0.3, 0.4) is 0 Å². The number of nitrogens with zero attached hydrogens (tertiary/aromatic N) is 2. The third kappa shape index (κ3) is 7.45. The van der Waals surface area contributed by atoms with E-state index in [9.17, 15) is 18.0 Å². The summed E-state index contributed by atoms with van der Waals surface area (Å²) in [5.74, 6) is -0.106. The quantitative estimate of drug-likeness (QED) is 0.539. The molecule has 0 unspecified atom stereocenters. The summed E-state index contributed by atoms with van der Waals surface area (Å²) < 4.78 is 31.4. The summed E-state index contributed by atoms with van der Waals surface area (Å²) in [5.41, 5.74) is 1.20. The number of hydrogen-bond donors (Lipinski definition) is 1. The lowest BCUT2D eigenvalue weighted by Gasteiger charge is -2.33. The number of amides is 2. The molecule has 8 nitrogen and oxygen atoms in total. The van der Waals surface area contributed by atoms with Gasteiger partial charge < -0.3 is 15.0 Å². The molecule has 0 spiro atoms. The second-order valence-electron chi connectivity index (χ2n) is 8.99. The first kappa shape index (κ1) is 26.5. The summed E-state index contributed by atoms with van der Waals surface area (Å²) in [7, 11) is -2.24. The molecular formula is C26H35N3O5S. The van der Waals surface area contributed by atoms with Gasteiger partial charge in [-0.1, -0.05) is 49.6 Å². The Morgan fingerprint density at radius 3 is 2.23 bits per heavy atom. The average Bonchev–Trinajstić information content (AvgIpc) is 2.86. The van der Waals surface area contributed by atoms with E-state index in [-0.39, 0.29) is 18.5 Å². The van der Waals surface area contributed by atoms with E-state index in [0.29, 0.717) is 11.4 Å². The van der Waals surface area contributed by atoms with Crippen molar-refractivity contribution in [2.24, 2.45) is 0 Å². The number of ether oxygens (including phenoxy) is 1. The van der Waals surface area contributed by atoms with Crippen molar-refractivity contribution in [3.8, 4) is 5.75 Å². The zero-order chi connectivity index (χ0) is 25.4. The largest absolute Gasteiger partial charge is 0.497 e. The van der Waals surface area contributed by atoms with E-state index in [1.54, 1.807) is 31.2 Å². The molecule has 2 aromatic rings. The van der Waals surface area contributed by atoms with Crippen LogP contribution >= 0.6 is 0 Å². The van der Waals surface area contributed by atoms with Crippen LogP contribution < -0.4 is 14.4 Å². The molecule has 190 valence electrons. The molecule has 1 aliphatic rings. The van der Waals surface area contributed by atoms with Crippen molar-refractivity contribution >= 4 is 27.5 Å². The Labute approximate surface area is 208 Å². The minimum Gasteiger partial charge on any atom is -0.497 e. The average molecular weight is 502 g/mol. The SMILES string of the molecule is COc1ccc(N(CC(=O)N(Cc2ccccc2)[C@@H](C)C(=O)NC2CCCCC2)S(C)(=O)=O)cc1. The van der Waals surface area contributed by atoms with Crippen molar-refractivity contribution in [2.45, 2.75) is 57.7 Å². The van der Waals surface area contributed by atoms with Crippen LogP contribution in [0.1, 0.15) is 44.6 Å². The molecule has 0 radical (unpaired) electrons. The fourth-order valence-electron chi connectivity index (χ4n) is 4.29. The Morgan fingerprint density at radius 2 is 1.66 bits per heavy atom. The van der Waals surface area contributed by atoms with Gasteiger partial charge in [0.25, 0.3) is 0 Å². The van der Waals surface area contributed by atoms with E-state index < -0.39 is 28.5 Å². The number of anilines is 1. The van der Waals surface area contributed by atoms with Crippen molar-refractivity contribution in [1.29, 1.82) is 0 Å². The van der Waals surface area contributed by atoms with Gasteiger partial charge in [0.1, 0.15) is 18.3 Å². The van der Waals surface area contributed by atoms with Gasteiger partial charge in [-0.2, -0.15) is 0 Å². The monoisotopic (exact) mass is 501 g/mol. The Kier molecular flexibility index (Phi) is 9.14. The molecule has 9 heteroatoms. The molecule has 0 aromatic heterocycles. The van der Waals surface area contributed by atoms with Crippen LogP contribution in [0, 0.1) is 0 Å². The molecule has 1 aliphatic carbocycles. The first-order valence-electron chi connectivity index (χ1n) is 11.9. The van der Waals surface area contributed by atoms with Crippen molar-refractivity contribution in [3.63, 3.8) is 0 Å². The van der Waals surface area contributed by atoms with Crippen LogP contribution in [-0.4, -0.2) is 57.1 Å². The number of methoxy groups -OCH3 is 1. The van der Waals surface area contributed by atoms with Gasteiger partial charge in [-0.25, -0.2) is 8.42 Å². The molecule has 35 heavy (non-hydrogen) atoms. The van der Waals surface area contributed by atoms with Gasteiger partial charge >= 0.3 is 0 Å². The standard InChI is InChI=1S/C26H35N3O5S/c1-20(26(31)27-22-12-8-5-9-13-22)28(18-21-10-6-4-7-11-21)25(30)19-29(35(3,32)33)23-14-16-24(34-2)17-15-23/h4,6-7,10-11,14-17,20,22H,5,8-9,12-13,18-19H2,1-3H3,(H,27,31)/t20-/m0/s1. The number of sulfonamides is 1. The second kappa shape index (κ2) is 12.1. The molecular weight excluding hydrogens is 466 g/mol. The topological polar surface area (TPSA) is 96.0 Å². The maximum absolute atomic E-state index is 13.6. The van der Waals surface area contributed by atoms with Crippen LogP contribution in [0.2, 0.25) is 0 Å². The fourth-order valence-corrected chi connectivity index (χ4v) is 5.14. The lowest BCUT2D eigenvalue weighted by molar-refractivity contribution is -0.139. The first-order chi connectivity index (χ1) is 16.7. The fraction of sp³-hybridized carbons (Fsp3) is 0.462. The van der Waals surface area contributed by atoms with E-state index in [1.165, 1.54) is 18.4 Å². The molecule has 0 aliphatic heterocycles. The Hall–Kier alpha value is -3.07. The van der Waals surface area contributed by atoms with Gasteiger partial charge in [0.15, 0.2) is 0 Å². The van der Waals surface area contributed by atoms with Crippen molar-refractivity contribution < 1.29 is 22.7 Å². The van der Waals surface area contributed by atoms with Gasteiger partial charge in [0.2, 0.25) is 21.8 Å². The number of rotatable bonds is 10. The minimum absolute atomic E-state index is 0.110. The van der Waals surface area contributed by atoms with E-state index in [4.69, 9.17) is 4.74 Å². The summed E-state index contributed by atoms with van der Waals surface area (Å²) >= 11 is 0. The highest BCUT2D eigenvalue weighted by molar-refractivity contribution is 7.92. The molecule has 3 rings (SSSR count). The molecule has 0 saturated heterocycles. The number of carbonyl (C=O) groups is 2. The molecule has 2 amide bonds. The first-order valence-corrected chi connectivity index (χ1v) is 13.8. The smallest absolute Gasteiger partial charge is 0.244 e. The predicted octanol–water partition coefficient (Wildman–Crippen LogP) is 3.33. The Bertz CT molecular complexity index is 1080. The van der Waals surface area contributed by atoms with Gasteiger partial charge in [-0.15, -0.1) is 0 Å². The van der Waals surface area contributed by atoms with Crippen molar-refractivity contribution in [3.05, 3.63) is 60.2 Å². The number of hydrogen-bond acceptors (Lipinski definition) is 5. The third-order valence-electron chi connectivity index (χ3n) is 6.35. The highest BCUT2D eigenvalue weighted by Gasteiger charge is 2.31. The highest BCUT2D eigenvalue weighted by atomic mass is 32.2. The van der Waals surface area contributed by atoms with Crippen LogP contribution in [-0.2, 0) is 26.2 Å². The highest BCUT2D eigenvalue weighted by Crippen LogP contribution is 2.23. The van der Waals surface area contributed by atoms with E-state index in [0.717, 1.165) is 41.8 Å². The molecule has 0 bridgehead atoms. The zero-order valence-corrected chi connectivity index (χ0v) is 21.5. The lowest BCUT2D eigenvalue weighted by Crippen LogP contribution is -2.52. The van der Waals surface area contributed by atoms with E-state index in [1.807, 2.05) is 30.3 Å². The summed E-state index contributed by atoms with van der Waals surface area (Å²) in [5, 5.41) is 3.09. The Balaban J connectivity index is 1.83. The molecule has 2 aromatic carbocycles. The maximum atomic E-state index is 13.6. The van der Waals surface area contributed by atoms with Gasteiger partial charge in [-0.3, -0.25) is 13.9 Å². The molecule has 1 atom stereocenters. The van der Waals surface area contributed by atoms with Crippen LogP contribution in [0.25, 0.3) is 0 Å². The third-order valence-corrected chi connectivity index (χ3v) is 7.49. The van der Waals surface area contributed by atoms with E-state index in [2.05, 4.69) is 5.32 Å². The van der Waals surface area contributed by atoms with Gasteiger partial charge in [0, 0.05) is 12.6 Å². The van der Waals surface area contributed by atoms with E-state index >= 15 is 0 Å². The minimum atomic E-state index is -3.76. The normalized spacial score (nSPS) is 15.2. The number of carbonyl (C=O) groups excluding carboxylic acids is 2. The molecule has 0 heterocycles. The summed E-state index contributed by atoms with van der Waals surface area (Å²) in [6.45, 7) is 1.47. The number of benzene rings is 2. The van der Waals surface area contributed by atoms with Gasteiger partial charge in [0.05, 0.1) is 19.1 Å². The summed E-state index contributed by atoms with van der Waals surface area (Å²) in [6, 6.07) is 15.2. The second-order valence-corrected chi connectivity index (χ2v) is 10.9. The summed E-state index contributed by atoms with van der Waals surface area (Å²) in [4.78, 5) is 28.1. The predicted molar refractivity (Wildman–Crippen MR) is 137 cm³/mol. The maximum Gasteiger partial charge on any atom is 0.244 e. The number of nitrogens with one attached hydrogen (secondary N) is 1.